The van der Waals surface area contributed by atoms with E-state index in [2.05, 4.69) is 16.0 Å². The maximum atomic E-state index is 12.5. The van der Waals surface area contributed by atoms with Gasteiger partial charge in [0, 0.05) is 19.0 Å². The number of carbonyl (C=O) groups excluding carboxylic acids is 2. The van der Waals surface area contributed by atoms with E-state index in [0.717, 1.165) is 32.1 Å². The van der Waals surface area contributed by atoms with Crippen molar-refractivity contribution in [2.75, 3.05) is 13.1 Å². The van der Waals surface area contributed by atoms with Gasteiger partial charge in [-0.2, -0.15) is 0 Å². The van der Waals surface area contributed by atoms with Gasteiger partial charge in [-0.05, 0) is 25.7 Å². The second-order valence-corrected chi connectivity index (χ2v) is 6.74. The van der Waals surface area contributed by atoms with E-state index in [1.807, 2.05) is 0 Å². The molecule has 0 aromatic rings. The first kappa shape index (κ1) is 23.3. The van der Waals surface area contributed by atoms with Crippen LogP contribution in [-0.2, 0) is 19.2 Å². The van der Waals surface area contributed by atoms with Gasteiger partial charge in [-0.15, -0.1) is 0 Å². The molecule has 2 amide bonds. The van der Waals surface area contributed by atoms with E-state index in [0.29, 0.717) is 19.3 Å². The molecule has 0 unspecified atom stereocenters. The summed E-state index contributed by atoms with van der Waals surface area (Å²) in [6.07, 6.45) is 6.26. The summed E-state index contributed by atoms with van der Waals surface area (Å²) in [5, 5.41) is 34.9. The van der Waals surface area contributed by atoms with Crippen LogP contribution in [0.25, 0.3) is 0 Å². The summed E-state index contributed by atoms with van der Waals surface area (Å²) in [7, 11) is 0. The van der Waals surface area contributed by atoms with Gasteiger partial charge < -0.3 is 31.3 Å². The highest BCUT2D eigenvalue weighted by Gasteiger charge is 2.26. The molecule has 0 bridgehead atoms. The average molecular weight is 399 g/mol. The van der Waals surface area contributed by atoms with Crippen LogP contribution in [0.15, 0.2) is 11.5 Å². The topological polar surface area (TPSA) is 165 Å². The average Bonchev–Trinajstić information content (AvgIpc) is 2.63. The van der Waals surface area contributed by atoms with E-state index >= 15 is 0 Å². The predicted octanol–water partition coefficient (Wildman–Crippen LogP) is 0.640. The molecule has 0 aromatic heterocycles. The second kappa shape index (κ2) is 12.6. The highest BCUT2D eigenvalue weighted by molar-refractivity contribution is 6.19. The molecule has 10 heteroatoms. The molecule has 0 spiro atoms. The lowest BCUT2D eigenvalue weighted by molar-refractivity contribution is -0.138. The number of unbranched alkanes of at least 4 members (excludes halogenated alkanes) is 2. The number of rotatable bonds is 12. The summed E-state index contributed by atoms with van der Waals surface area (Å²) in [4.78, 5) is 45.8. The predicted molar refractivity (Wildman–Crippen MR) is 99.4 cm³/mol. The number of hydrogen-bond acceptors (Lipinski definition) is 6. The van der Waals surface area contributed by atoms with Crippen LogP contribution in [0.2, 0.25) is 0 Å². The van der Waals surface area contributed by atoms with Crippen molar-refractivity contribution < 1.29 is 34.5 Å². The Morgan fingerprint density at radius 3 is 2.07 bits per heavy atom. The van der Waals surface area contributed by atoms with Gasteiger partial charge in [0.2, 0.25) is 5.88 Å². The number of amides is 2. The van der Waals surface area contributed by atoms with Gasteiger partial charge in [0.15, 0.2) is 5.57 Å². The summed E-state index contributed by atoms with van der Waals surface area (Å²) in [6, 6.07) is -0.0904. The minimum absolute atomic E-state index is 0.0501. The van der Waals surface area contributed by atoms with Gasteiger partial charge >= 0.3 is 11.9 Å². The van der Waals surface area contributed by atoms with Crippen molar-refractivity contribution >= 4 is 23.8 Å². The molecule has 0 aliphatic heterocycles. The van der Waals surface area contributed by atoms with Crippen LogP contribution >= 0.6 is 0 Å². The largest absolute Gasteiger partial charge is 0.494 e. The number of carboxylic acid groups (broad SMARTS) is 2. The molecule has 0 saturated heterocycles. The maximum Gasteiger partial charge on any atom is 0.322 e. The van der Waals surface area contributed by atoms with Crippen molar-refractivity contribution in [3.05, 3.63) is 11.5 Å². The van der Waals surface area contributed by atoms with Crippen molar-refractivity contribution in [3.8, 4) is 0 Å². The number of hydrogen-bond donors (Lipinski definition) is 6. The zero-order chi connectivity index (χ0) is 20.9. The molecule has 0 heterocycles. The van der Waals surface area contributed by atoms with Gasteiger partial charge in [-0.25, -0.2) is 0 Å². The second-order valence-electron chi connectivity index (χ2n) is 6.74. The minimum atomic E-state index is -1.27. The van der Waals surface area contributed by atoms with E-state index in [1.165, 1.54) is 0 Å². The fourth-order valence-electron chi connectivity index (χ4n) is 2.94. The van der Waals surface area contributed by atoms with E-state index in [1.54, 1.807) is 0 Å². The van der Waals surface area contributed by atoms with Crippen molar-refractivity contribution in [1.29, 1.82) is 0 Å². The zero-order valence-electron chi connectivity index (χ0n) is 15.8. The Hall–Kier alpha value is -2.78. The smallest absolute Gasteiger partial charge is 0.322 e. The first-order valence-electron chi connectivity index (χ1n) is 9.51. The first-order valence-corrected chi connectivity index (χ1v) is 9.51. The molecule has 6 N–H and O–H groups in total. The Bertz CT molecular complexity index is 598. The van der Waals surface area contributed by atoms with E-state index < -0.39 is 41.8 Å². The molecule has 1 aliphatic carbocycles. The molecular formula is C18H29N3O7. The van der Waals surface area contributed by atoms with Gasteiger partial charge in [0.05, 0.1) is 0 Å². The standard InChI is InChI=1S/C18H29N3O7/c22-13(23)9-5-2-6-10-19-16(26)15(17(27)20-11-14(24)25)18(28)21-12-7-3-1-4-8-12/h12,19,26H,1-11H2,(H,20,27)(H,21,28)(H,22,23)(H,24,25)/b16-15+. The lowest BCUT2D eigenvalue weighted by Gasteiger charge is -2.23. The van der Waals surface area contributed by atoms with Crippen LogP contribution in [0, 0.1) is 0 Å². The number of aliphatic hydroxyl groups is 1. The van der Waals surface area contributed by atoms with E-state index in [4.69, 9.17) is 10.2 Å². The number of carboxylic acids is 2. The highest BCUT2D eigenvalue weighted by atomic mass is 16.4. The zero-order valence-corrected chi connectivity index (χ0v) is 15.8. The molecular weight excluding hydrogens is 370 g/mol. The Kier molecular flexibility index (Phi) is 10.4. The van der Waals surface area contributed by atoms with Crippen LogP contribution in [0.5, 0.6) is 0 Å². The maximum absolute atomic E-state index is 12.5. The van der Waals surface area contributed by atoms with Gasteiger partial charge in [0.25, 0.3) is 11.8 Å². The third-order valence-corrected chi connectivity index (χ3v) is 4.39. The molecule has 1 rings (SSSR count). The minimum Gasteiger partial charge on any atom is -0.494 e. The van der Waals surface area contributed by atoms with Crippen molar-refractivity contribution in [3.63, 3.8) is 0 Å². The Labute approximate surface area is 163 Å². The molecule has 0 aromatic carbocycles. The number of carbonyl (C=O) groups is 4. The third kappa shape index (κ3) is 9.24. The fourth-order valence-corrected chi connectivity index (χ4v) is 2.94. The van der Waals surface area contributed by atoms with Crippen molar-refractivity contribution in [2.24, 2.45) is 0 Å². The molecule has 1 aliphatic rings. The molecule has 0 atom stereocenters. The molecule has 1 fully saturated rings. The van der Waals surface area contributed by atoms with E-state index in [-0.39, 0.29) is 19.0 Å². The van der Waals surface area contributed by atoms with Gasteiger partial charge in [0.1, 0.15) is 6.54 Å². The lowest BCUT2D eigenvalue weighted by atomic mass is 9.95. The Morgan fingerprint density at radius 2 is 1.46 bits per heavy atom. The summed E-state index contributed by atoms with van der Waals surface area (Å²) in [5.74, 6) is -4.52. The van der Waals surface area contributed by atoms with Crippen molar-refractivity contribution in [1.82, 2.24) is 16.0 Å². The van der Waals surface area contributed by atoms with E-state index in [9.17, 15) is 24.3 Å². The third-order valence-electron chi connectivity index (χ3n) is 4.39. The summed E-state index contributed by atoms with van der Waals surface area (Å²) >= 11 is 0. The van der Waals surface area contributed by atoms with Gasteiger partial charge in [-0.3, -0.25) is 19.2 Å². The molecule has 28 heavy (non-hydrogen) atoms. The molecule has 0 radical (unpaired) electrons. The van der Waals surface area contributed by atoms with Crippen LogP contribution in [-0.4, -0.2) is 58.2 Å². The summed E-state index contributed by atoms with van der Waals surface area (Å²) in [5.41, 5.74) is -0.558. The molecule has 10 nitrogen and oxygen atoms in total. The number of aliphatic hydroxyl groups excluding tert-OH is 1. The number of aliphatic carboxylic acids is 2. The summed E-state index contributed by atoms with van der Waals surface area (Å²) in [6.45, 7) is -0.445. The quantitative estimate of drug-likeness (QED) is 0.0914. The SMILES string of the molecule is O=C(O)CCCCCN/C(O)=C(/C(=O)NCC(=O)O)C(=O)NC1CCCCC1. The first-order chi connectivity index (χ1) is 13.3. The monoisotopic (exact) mass is 399 g/mol. The highest BCUT2D eigenvalue weighted by Crippen LogP contribution is 2.18. The fraction of sp³-hybridized carbons (Fsp3) is 0.667. The molecule has 1 saturated carbocycles. The van der Waals surface area contributed by atoms with Crippen LogP contribution < -0.4 is 16.0 Å². The Balaban J connectivity index is 2.69. The number of nitrogens with one attached hydrogen (secondary N) is 3. The lowest BCUT2D eigenvalue weighted by Crippen LogP contribution is -2.43. The Morgan fingerprint density at radius 1 is 0.786 bits per heavy atom. The van der Waals surface area contributed by atoms with Gasteiger partial charge in [-0.1, -0.05) is 25.7 Å². The molecule has 158 valence electrons. The summed E-state index contributed by atoms with van der Waals surface area (Å²) < 4.78 is 0. The van der Waals surface area contributed by atoms with Crippen molar-refractivity contribution in [2.45, 2.75) is 63.8 Å². The normalized spacial score (nSPS) is 15.3. The van der Waals surface area contributed by atoms with Crippen LogP contribution in [0.1, 0.15) is 57.8 Å². The van der Waals surface area contributed by atoms with Crippen LogP contribution in [0.3, 0.4) is 0 Å². The van der Waals surface area contributed by atoms with Crippen LogP contribution in [0.4, 0.5) is 0 Å².